The number of nitrogens with zero attached hydrogens (tertiary/aromatic N) is 2. The van der Waals surface area contributed by atoms with E-state index < -0.39 is 0 Å². The fourth-order valence-corrected chi connectivity index (χ4v) is 3.73. The molecule has 0 aliphatic rings. The molecule has 0 saturated carbocycles. The predicted molar refractivity (Wildman–Crippen MR) is 140 cm³/mol. The van der Waals surface area contributed by atoms with E-state index in [0.717, 1.165) is 27.9 Å². The summed E-state index contributed by atoms with van der Waals surface area (Å²) >= 11 is 0. The molecule has 0 aliphatic heterocycles. The van der Waals surface area contributed by atoms with Gasteiger partial charge in [0.05, 0.1) is 19.7 Å². The van der Waals surface area contributed by atoms with Gasteiger partial charge in [0.15, 0.2) is 11.5 Å². The summed E-state index contributed by atoms with van der Waals surface area (Å²) in [5.41, 5.74) is 2.72. The van der Waals surface area contributed by atoms with Crippen LogP contribution in [-0.4, -0.2) is 24.2 Å². The molecule has 0 spiro atoms. The molecule has 0 amide bonds. The van der Waals surface area contributed by atoms with E-state index in [1.54, 1.807) is 14.2 Å². The molecule has 7 nitrogen and oxygen atoms in total. The van der Waals surface area contributed by atoms with Crippen LogP contribution in [-0.2, 0) is 6.61 Å². The van der Waals surface area contributed by atoms with Crippen molar-refractivity contribution in [1.29, 1.82) is 0 Å². The monoisotopic (exact) mass is 479 g/mol. The van der Waals surface area contributed by atoms with Crippen molar-refractivity contribution in [2.45, 2.75) is 6.61 Å². The van der Waals surface area contributed by atoms with Gasteiger partial charge in [-0.3, -0.25) is 0 Å². The Morgan fingerprint density at radius 2 is 1.44 bits per heavy atom. The van der Waals surface area contributed by atoms with Crippen LogP contribution in [0.2, 0.25) is 0 Å². The summed E-state index contributed by atoms with van der Waals surface area (Å²) in [6.45, 7) is 0.501. The second kappa shape index (κ2) is 10.7. The number of fused-ring (bicyclic) bond motifs is 1. The zero-order chi connectivity index (χ0) is 24.7. The van der Waals surface area contributed by atoms with Crippen molar-refractivity contribution in [2.24, 2.45) is 0 Å². The molecule has 7 heteroatoms. The fourth-order valence-electron chi connectivity index (χ4n) is 3.73. The van der Waals surface area contributed by atoms with Crippen LogP contribution < -0.4 is 24.3 Å². The van der Waals surface area contributed by atoms with Crippen LogP contribution in [0.5, 0.6) is 28.7 Å². The number of benzene rings is 4. The summed E-state index contributed by atoms with van der Waals surface area (Å²) in [5, 5.41) is 4.17. The van der Waals surface area contributed by atoms with Gasteiger partial charge in [-0.05, 0) is 48.0 Å². The van der Waals surface area contributed by atoms with Gasteiger partial charge < -0.3 is 24.3 Å². The highest BCUT2D eigenvalue weighted by Crippen LogP contribution is 2.35. The first-order valence-electron chi connectivity index (χ1n) is 11.4. The van der Waals surface area contributed by atoms with Crippen LogP contribution in [0, 0.1) is 0 Å². The van der Waals surface area contributed by atoms with E-state index in [4.69, 9.17) is 18.9 Å². The normalized spacial score (nSPS) is 10.6. The maximum atomic E-state index is 6.04. The predicted octanol–water partition coefficient (Wildman–Crippen LogP) is 6.76. The molecule has 0 radical (unpaired) electrons. The third-order valence-corrected chi connectivity index (χ3v) is 5.55. The van der Waals surface area contributed by atoms with E-state index in [-0.39, 0.29) is 0 Å². The minimum Gasteiger partial charge on any atom is -0.493 e. The number of aromatic nitrogens is 2. The molecule has 5 rings (SSSR count). The van der Waals surface area contributed by atoms with Crippen LogP contribution in [0.15, 0.2) is 97.3 Å². The molecule has 1 aromatic heterocycles. The van der Waals surface area contributed by atoms with Crippen molar-refractivity contribution in [3.63, 3.8) is 0 Å². The number of ether oxygens (including phenoxy) is 4. The molecule has 5 aromatic rings. The first kappa shape index (κ1) is 23.0. The van der Waals surface area contributed by atoms with Crippen LogP contribution in [0.4, 0.5) is 11.5 Å². The molecule has 0 atom stereocenters. The molecule has 0 saturated heterocycles. The molecular weight excluding hydrogens is 454 g/mol. The van der Waals surface area contributed by atoms with Crippen LogP contribution >= 0.6 is 0 Å². The van der Waals surface area contributed by atoms with E-state index in [9.17, 15) is 0 Å². The van der Waals surface area contributed by atoms with Gasteiger partial charge >= 0.3 is 0 Å². The van der Waals surface area contributed by atoms with Crippen LogP contribution in [0.25, 0.3) is 10.9 Å². The quantitative estimate of drug-likeness (QED) is 0.250. The number of hydrogen-bond acceptors (Lipinski definition) is 7. The van der Waals surface area contributed by atoms with Crippen molar-refractivity contribution in [1.82, 2.24) is 9.97 Å². The number of rotatable bonds is 9. The Kier molecular flexibility index (Phi) is 6.80. The first-order chi connectivity index (χ1) is 17.7. The molecule has 4 aromatic carbocycles. The van der Waals surface area contributed by atoms with Crippen molar-refractivity contribution in [3.05, 3.63) is 103 Å². The average molecular weight is 480 g/mol. The van der Waals surface area contributed by atoms with E-state index in [1.165, 1.54) is 6.33 Å². The molecule has 0 fully saturated rings. The van der Waals surface area contributed by atoms with Crippen LogP contribution in [0.3, 0.4) is 0 Å². The molecule has 1 N–H and O–H groups in total. The third-order valence-electron chi connectivity index (χ3n) is 5.55. The molecule has 0 aliphatic carbocycles. The lowest BCUT2D eigenvalue weighted by atomic mass is 10.2. The fraction of sp³-hybridized carbons (Fsp3) is 0.103. The van der Waals surface area contributed by atoms with E-state index in [0.29, 0.717) is 35.4 Å². The lowest BCUT2D eigenvalue weighted by Crippen LogP contribution is -1.98. The molecule has 36 heavy (non-hydrogen) atoms. The molecule has 0 bridgehead atoms. The van der Waals surface area contributed by atoms with Crippen molar-refractivity contribution in [3.8, 4) is 28.7 Å². The lowest BCUT2D eigenvalue weighted by Gasteiger charge is -2.13. The van der Waals surface area contributed by atoms with Gasteiger partial charge in [0.25, 0.3) is 0 Å². The molecule has 180 valence electrons. The Hall–Kier alpha value is -4.78. The smallest absolute Gasteiger partial charge is 0.162 e. The minimum absolute atomic E-state index is 0.501. The lowest BCUT2D eigenvalue weighted by molar-refractivity contribution is 0.304. The van der Waals surface area contributed by atoms with Gasteiger partial charge in [0.2, 0.25) is 0 Å². The second-order valence-electron chi connectivity index (χ2n) is 7.95. The van der Waals surface area contributed by atoms with Gasteiger partial charge in [0, 0.05) is 23.2 Å². The highest BCUT2D eigenvalue weighted by Gasteiger charge is 2.11. The first-order valence-corrected chi connectivity index (χ1v) is 11.4. The van der Waals surface area contributed by atoms with Gasteiger partial charge in [-0.2, -0.15) is 0 Å². The van der Waals surface area contributed by atoms with E-state index >= 15 is 0 Å². The maximum Gasteiger partial charge on any atom is 0.162 e. The Bertz CT molecular complexity index is 1460. The SMILES string of the molecule is COc1cc2ncnc(Nc3ccc(Oc4cccc(OCc5ccccc5)c4)cc3)c2cc1OC. The summed E-state index contributed by atoms with van der Waals surface area (Å²) in [6, 6.07) is 29.0. The van der Waals surface area contributed by atoms with Crippen molar-refractivity contribution >= 4 is 22.4 Å². The minimum atomic E-state index is 0.501. The average Bonchev–Trinajstić information content (AvgIpc) is 2.93. The molecular formula is C29H25N3O4. The molecule has 1 heterocycles. The maximum absolute atomic E-state index is 6.04. The largest absolute Gasteiger partial charge is 0.493 e. The Balaban J connectivity index is 1.27. The number of methoxy groups -OCH3 is 2. The van der Waals surface area contributed by atoms with Crippen molar-refractivity contribution < 1.29 is 18.9 Å². The second-order valence-corrected chi connectivity index (χ2v) is 7.95. The highest BCUT2D eigenvalue weighted by molar-refractivity contribution is 5.93. The number of nitrogens with one attached hydrogen (secondary N) is 1. The highest BCUT2D eigenvalue weighted by atomic mass is 16.5. The summed E-state index contributed by atoms with van der Waals surface area (Å²) < 4.78 is 22.8. The van der Waals surface area contributed by atoms with Gasteiger partial charge in [0.1, 0.15) is 36.0 Å². The summed E-state index contributed by atoms with van der Waals surface area (Å²) in [4.78, 5) is 8.76. The summed E-state index contributed by atoms with van der Waals surface area (Å²) in [7, 11) is 3.20. The zero-order valence-corrected chi connectivity index (χ0v) is 20.0. The number of anilines is 2. The third kappa shape index (κ3) is 5.31. The molecule has 0 unspecified atom stereocenters. The van der Waals surface area contributed by atoms with Crippen LogP contribution in [0.1, 0.15) is 5.56 Å². The topological polar surface area (TPSA) is 74.7 Å². The van der Waals surface area contributed by atoms with E-state index in [1.807, 2.05) is 91.0 Å². The Labute approximate surface area is 209 Å². The number of hydrogen-bond donors (Lipinski definition) is 1. The van der Waals surface area contributed by atoms with Crippen molar-refractivity contribution in [2.75, 3.05) is 19.5 Å². The van der Waals surface area contributed by atoms with Gasteiger partial charge in [-0.25, -0.2) is 9.97 Å². The zero-order valence-electron chi connectivity index (χ0n) is 20.0. The standard InChI is InChI=1S/C29H25N3O4/c1-33-27-16-25-26(17-28(27)34-2)30-19-31-29(25)32-21-11-13-22(14-12-21)36-24-10-6-9-23(15-24)35-18-20-7-4-3-5-8-20/h3-17,19H,18H2,1-2H3,(H,30,31,32). The Morgan fingerprint density at radius 1 is 0.694 bits per heavy atom. The summed E-state index contributed by atoms with van der Waals surface area (Å²) in [6.07, 6.45) is 1.51. The van der Waals surface area contributed by atoms with E-state index in [2.05, 4.69) is 15.3 Å². The Morgan fingerprint density at radius 3 is 2.22 bits per heavy atom. The van der Waals surface area contributed by atoms with Gasteiger partial charge in [-0.15, -0.1) is 0 Å². The van der Waals surface area contributed by atoms with Gasteiger partial charge in [-0.1, -0.05) is 36.4 Å². The summed E-state index contributed by atoms with van der Waals surface area (Å²) in [5.74, 6) is 4.05.